The van der Waals surface area contributed by atoms with Crippen molar-refractivity contribution in [1.82, 2.24) is 20.1 Å². The minimum Gasteiger partial charge on any atom is -0.342 e. The molecule has 0 aliphatic rings. The summed E-state index contributed by atoms with van der Waals surface area (Å²) in [6.07, 6.45) is 1.68. The van der Waals surface area contributed by atoms with E-state index in [1.54, 1.807) is 47.9 Å². The lowest BCUT2D eigenvalue weighted by atomic mass is 10.0. The first-order valence-electron chi connectivity index (χ1n) is 11.4. The van der Waals surface area contributed by atoms with Crippen LogP contribution >= 0.6 is 23.4 Å². The Kier molecular flexibility index (Phi) is 9.42. The number of amides is 2. The maximum atomic E-state index is 12.9. The van der Waals surface area contributed by atoms with Gasteiger partial charge in [0, 0.05) is 18.7 Å². The number of benzene rings is 2. The first-order chi connectivity index (χ1) is 17.6. The second-order valence-electron chi connectivity index (χ2n) is 8.51. The molecule has 10 nitrogen and oxygen atoms in total. The normalized spacial score (nSPS) is 11.7. The van der Waals surface area contributed by atoms with Gasteiger partial charge in [0.25, 0.3) is 11.6 Å². The molecule has 0 aliphatic carbocycles. The summed E-state index contributed by atoms with van der Waals surface area (Å²) >= 11 is 7.35. The van der Waals surface area contributed by atoms with E-state index in [0.717, 1.165) is 11.8 Å². The fourth-order valence-electron chi connectivity index (χ4n) is 3.51. The number of thioether (sulfide) groups is 1. The zero-order valence-electron chi connectivity index (χ0n) is 20.6. The minimum atomic E-state index is -0.515. The summed E-state index contributed by atoms with van der Waals surface area (Å²) in [7, 11) is 0. The van der Waals surface area contributed by atoms with Gasteiger partial charge in [-0.2, -0.15) is 0 Å². The molecule has 0 fully saturated rings. The predicted molar refractivity (Wildman–Crippen MR) is 144 cm³/mol. The van der Waals surface area contributed by atoms with Crippen LogP contribution in [-0.4, -0.2) is 37.3 Å². The van der Waals surface area contributed by atoms with Gasteiger partial charge in [-0.15, -0.1) is 16.8 Å². The van der Waals surface area contributed by atoms with Gasteiger partial charge < -0.3 is 15.2 Å². The van der Waals surface area contributed by atoms with Crippen molar-refractivity contribution in [3.63, 3.8) is 0 Å². The van der Waals surface area contributed by atoms with Gasteiger partial charge in [-0.3, -0.25) is 19.7 Å². The number of aromatic nitrogens is 3. The second-order valence-corrected chi connectivity index (χ2v) is 9.86. The molecule has 0 radical (unpaired) electrons. The SMILES string of the molecule is C=CCn1c(SCC(=O)Nc2cc([N+](=O)[O-])ccc2C)nnc1[C@H](NC(=O)c1ccccc1Cl)C(C)C. The van der Waals surface area contributed by atoms with E-state index in [1.165, 1.54) is 12.1 Å². The molecule has 0 bridgehead atoms. The Morgan fingerprint density at radius 1 is 1.24 bits per heavy atom. The van der Waals surface area contributed by atoms with Crippen LogP contribution in [0.1, 0.15) is 41.6 Å². The smallest absolute Gasteiger partial charge is 0.271 e. The monoisotopic (exact) mass is 542 g/mol. The number of rotatable bonds is 11. The van der Waals surface area contributed by atoms with Gasteiger partial charge in [0.15, 0.2) is 11.0 Å². The van der Waals surface area contributed by atoms with Crippen molar-refractivity contribution < 1.29 is 14.5 Å². The Labute approximate surface area is 223 Å². The molecule has 3 aromatic rings. The van der Waals surface area contributed by atoms with Crippen LogP contribution in [0, 0.1) is 23.0 Å². The van der Waals surface area contributed by atoms with E-state index in [2.05, 4.69) is 27.4 Å². The van der Waals surface area contributed by atoms with Crippen molar-refractivity contribution in [1.29, 1.82) is 0 Å². The van der Waals surface area contributed by atoms with Gasteiger partial charge >= 0.3 is 0 Å². The molecule has 37 heavy (non-hydrogen) atoms. The third kappa shape index (κ3) is 6.95. The first-order valence-corrected chi connectivity index (χ1v) is 12.8. The Bertz CT molecular complexity index is 1330. The minimum absolute atomic E-state index is 0.00423. The van der Waals surface area contributed by atoms with Crippen molar-refractivity contribution >= 4 is 46.6 Å². The topological polar surface area (TPSA) is 132 Å². The summed E-state index contributed by atoms with van der Waals surface area (Å²) in [4.78, 5) is 36.1. The van der Waals surface area contributed by atoms with Crippen LogP contribution in [0.5, 0.6) is 0 Å². The number of allylic oxidation sites excluding steroid dienone is 1. The standard InChI is InChI=1S/C25H27ClN6O4S/c1-5-12-31-23(22(15(2)3)28-24(34)18-8-6-7-9-19(18)26)29-30-25(31)37-14-21(33)27-20-13-17(32(35)36)11-10-16(20)4/h5-11,13,15,22H,1,12,14H2,2-4H3,(H,27,33)(H,28,34)/t22-/m1/s1. The number of aryl methyl sites for hydroxylation is 1. The summed E-state index contributed by atoms with van der Waals surface area (Å²) in [6.45, 7) is 9.82. The average molecular weight is 543 g/mol. The number of anilines is 1. The van der Waals surface area contributed by atoms with E-state index in [1.807, 2.05) is 13.8 Å². The summed E-state index contributed by atoms with van der Waals surface area (Å²) in [5.41, 5.74) is 1.32. The number of nitro benzene ring substituents is 1. The van der Waals surface area contributed by atoms with Crippen LogP contribution in [-0.2, 0) is 11.3 Å². The summed E-state index contributed by atoms with van der Waals surface area (Å²) in [6, 6.07) is 10.6. The molecule has 0 spiro atoms. The molecule has 1 heterocycles. The zero-order chi connectivity index (χ0) is 27.1. The lowest BCUT2D eigenvalue weighted by Gasteiger charge is -2.23. The number of nitro groups is 1. The fraction of sp³-hybridized carbons (Fsp3) is 0.280. The van der Waals surface area contributed by atoms with Gasteiger partial charge in [-0.05, 0) is 30.5 Å². The molecule has 12 heteroatoms. The quantitative estimate of drug-likeness (QED) is 0.147. The molecule has 3 rings (SSSR count). The molecular formula is C25H27ClN6O4S. The molecule has 2 N–H and O–H groups in total. The lowest BCUT2D eigenvalue weighted by molar-refractivity contribution is -0.384. The summed E-state index contributed by atoms with van der Waals surface area (Å²) < 4.78 is 1.79. The lowest BCUT2D eigenvalue weighted by Crippen LogP contribution is -2.34. The highest BCUT2D eigenvalue weighted by Crippen LogP contribution is 2.27. The Balaban J connectivity index is 1.77. The molecular weight excluding hydrogens is 516 g/mol. The Morgan fingerprint density at radius 3 is 2.62 bits per heavy atom. The number of non-ortho nitro benzene ring substituents is 1. The number of halogens is 1. The van der Waals surface area contributed by atoms with Crippen molar-refractivity contribution in [3.05, 3.63) is 87.2 Å². The number of carbonyl (C=O) groups is 2. The maximum absolute atomic E-state index is 12.9. The molecule has 194 valence electrons. The fourth-order valence-corrected chi connectivity index (χ4v) is 4.48. The van der Waals surface area contributed by atoms with E-state index in [-0.39, 0.29) is 29.2 Å². The highest BCUT2D eigenvalue weighted by atomic mass is 35.5. The molecule has 1 aromatic heterocycles. The molecule has 0 unspecified atom stereocenters. The zero-order valence-corrected chi connectivity index (χ0v) is 22.2. The molecule has 0 saturated carbocycles. The molecule has 2 aromatic carbocycles. The third-order valence-corrected chi connectivity index (χ3v) is 6.74. The van der Waals surface area contributed by atoms with Crippen LogP contribution in [0.2, 0.25) is 5.02 Å². The summed E-state index contributed by atoms with van der Waals surface area (Å²) in [5, 5.41) is 26.2. The largest absolute Gasteiger partial charge is 0.342 e. The van der Waals surface area contributed by atoms with Crippen molar-refractivity contribution in [2.75, 3.05) is 11.1 Å². The van der Waals surface area contributed by atoms with E-state index in [0.29, 0.717) is 39.4 Å². The number of carbonyl (C=O) groups excluding carboxylic acids is 2. The number of hydrogen-bond donors (Lipinski definition) is 2. The molecule has 1 atom stereocenters. The van der Waals surface area contributed by atoms with E-state index in [4.69, 9.17) is 11.6 Å². The van der Waals surface area contributed by atoms with Gasteiger partial charge in [0.05, 0.1) is 33.0 Å². The van der Waals surface area contributed by atoms with Gasteiger partial charge in [0.1, 0.15) is 0 Å². The van der Waals surface area contributed by atoms with E-state index in [9.17, 15) is 19.7 Å². The van der Waals surface area contributed by atoms with Crippen LogP contribution in [0.25, 0.3) is 0 Å². The van der Waals surface area contributed by atoms with E-state index >= 15 is 0 Å². The first kappa shape index (κ1) is 27.9. The number of nitrogens with zero attached hydrogens (tertiary/aromatic N) is 4. The van der Waals surface area contributed by atoms with Gasteiger partial charge in [0.2, 0.25) is 5.91 Å². The van der Waals surface area contributed by atoms with E-state index < -0.39 is 11.0 Å². The van der Waals surface area contributed by atoms with Crippen LogP contribution < -0.4 is 10.6 Å². The highest BCUT2D eigenvalue weighted by molar-refractivity contribution is 7.99. The Hall–Kier alpha value is -3.70. The molecule has 2 amide bonds. The van der Waals surface area contributed by atoms with Crippen molar-refractivity contribution in [2.24, 2.45) is 5.92 Å². The van der Waals surface area contributed by atoms with Crippen molar-refractivity contribution in [2.45, 2.75) is 38.5 Å². The molecule has 0 saturated heterocycles. The van der Waals surface area contributed by atoms with Gasteiger partial charge in [-0.25, -0.2) is 0 Å². The Morgan fingerprint density at radius 2 is 1.97 bits per heavy atom. The second kappa shape index (κ2) is 12.5. The van der Waals surface area contributed by atoms with Crippen LogP contribution in [0.3, 0.4) is 0 Å². The van der Waals surface area contributed by atoms with Gasteiger partial charge in [-0.1, -0.05) is 61.5 Å². The third-order valence-electron chi connectivity index (χ3n) is 5.45. The molecule has 0 aliphatic heterocycles. The average Bonchev–Trinajstić information content (AvgIpc) is 3.24. The van der Waals surface area contributed by atoms with Crippen molar-refractivity contribution in [3.8, 4) is 0 Å². The predicted octanol–water partition coefficient (Wildman–Crippen LogP) is 5.19. The van der Waals surface area contributed by atoms with Crippen LogP contribution in [0.4, 0.5) is 11.4 Å². The number of hydrogen-bond acceptors (Lipinski definition) is 7. The highest BCUT2D eigenvalue weighted by Gasteiger charge is 2.27. The van der Waals surface area contributed by atoms with Crippen LogP contribution in [0.15, 0.2) is 60.3 Å². The maximum Gasteiger partial charge on any atom is 0.271 e. The number of nitrogens with one attached hydrogen (secondary N) is 2. The summed E-state index contributed by atoms with van der Waals surface area (Å²) in [5.74, 6) is -0.200.